The first-order valence-corrected chi connectivity index (χ1v) is 6.57. The van der Waals surface area contributed by atoms with Gasteiger partial charge in [-0.15, -0.1) is 5.10 Å². The van der Waals surface area contributed by atoms with Crippen molar-refractivity contribution in [3.05, 3.63) is 34.2 Å². The summed E-state index contributed by atoms with van der Waals surface area (Å²) >= 11 is 1.62. The topological polar surface area (TPSA) is 56.2 Å². The molecule has 3 aromatic rings. The second kappa shape index (κ2) is 3.81. The van der Waals surface area contributed by atoms with Crippen LogP contribution < -0.4 is 5.73 Å². The van der Waals surface area contributed by atoms with Crippen molar-refractivity contribution >= 4 is 22.2 Å². The highest BCUT2D eigenvalue weighted by atomic mass is 32.1. The Bertz CT molecular complexity index is 739. The summed E-state index contributed by atoms with van der Waals surface area (Å²) in [5, 5.41) is 4.27. The highest BCUT2D eigenvalue weighted by molar-refractivity contribution is 7.17. The van der Waals surface area contributed by atoms with Gasteiger partial charge < -0.3 is 5.73 Å². The number of nitrogen functional groups attached to an aromatic ring is 1. The van der Waals surface area contributed by atoms with Crippen molar-refractivity contribution in [2.45, 2.75) is 20.8 Å². The Morgan fingerprint density at radius 2 is 2.00 bits per heavy atom. The number of aromatic nitrogens is 3. The molecule has 0 aliphatic carbocycles. The van der Waals surface area contributed by atoms with Gasteiger partial charge in [0.2, 0.25) is 10.9 Å². The average Bonchev–Trinajstić information content (AvgIpc) is 2.75. The first-order valence-electron chi connectivity index (χ1n) is 5.75. The van der Waals surface area contributed by atoms with E-state index in [1.165, 1.54) is 21.6 Å². The Morgan fingerprint density at radius 3 is 2.72 bits per heavy atom. The standard InChI is InChI=1S/C13H14N4S/c1-7-4-5-10(8(2)6-7)11-9(3)18-13-15-12(14)16-17(11)13/h4-6H,1-3H3,(H2,14,16). The van der Waals surface area contributed by atoms with Crippen molar-refractivity contribution in [2.75, 3.05) is 5.73 Å². The highest BCUT2D eigenvalue weighted by Gasteiger charge is 2.15. The van der Waals surface area contributed by atoms with Gasteiger partial charge in [-0.05, 0) is 26.3 Å². The number of aryl methyl sites for hydroxylation is 3. The fraction of sp³-hybridized carbons (Fsp3) is 0.231. The minimum atomic E-state index is 0.326. The van der Waals surface area contributed by atoms with E-state index >= 15 is 0 Å². The molecule has 0 radical (unpaired) electrons. The lowest BCUT2D eigenvalue weighted by molar-refractivity contribution is 0.985. The van der Waals surface area contributed by atoms with E-state index in [1.54, 1.807) is 11.3 Å². The molecule has 0 fully saturated rings. The van der Waals surface area contributed by atoms with Crippen LogP contribution in [-0.4, -0.2) is 14.6 Å². The third kappa shape index (κ3) is 1.59. The monoisotopic (exact) mass is 258 g/mol. The fourth-order valence-electron chi connectivity index (χ4n) is 2.24. The summed E-state index contributed by atoms with van der Waals surface area (Å²) < 4.78 is 1.84. The molecule has 2 N–H and O–H groups in total. The van der Waals surface area contributed by atoms with Gasteiger partial charge in [-0.2, -0.15) is 4.98 Å². The van der Waals surface area contributed by atoms with Crippen LogP contribution >= 0.6 is 11.3 Å². The van der Waals surface area contributed by atoms with E-state index in [2.05, 4.69) is 49.1 Å². The second-order valence-electron chi connectivity index (χ2n) is 4.49. The van der Waals surface area contributed by atoms with Crippen LogP contribution in [0.4, 0.5) is 5.95 Å². The summed E-state index contributed by atoms with van der Waals surface area (Å²) in [4.78, 5) is 6.27. The molecular weight excluding hydrogens is 244 g/mol. The molecule has 0 atom stereocenters. The van der Waals surface area contributed by atoms with Crippen molar-refractivity contribution in [3.63, 3.8) is 0 Å². The van der Waals surface area contributed by atoms with Crippen LogP contribution in [0.1, 0.15) is 16.0 Å². The van der Waals surface area contributed by atoms with Crippen LogP contribution in [-0.2, 0) is 0 Å². The van der Waals surface area contributed by atoms with E-state index in [1.807, 2.05) is 4.52 Å². The smallest absolute Gasteiger partial charge is 0.241 e. The van der Waals surface area contributed by atoms with Crippen molar-refractivity contribution in [2.24, 2.45) is 0 Å². The molecule has 1 aromatic carbocycles. The second-order valence-corrected chi connectivity index (χ2v) is 5.67. The van der Waals surface area contributed by atoms with E-state index in [-0.39, 0.29) is 0 Å². The van der Waals surface area contributed by atoms with Crippen LogP contribution in [0.5, 0.6) is 0 Å². The molecule has 2 aromatic heterocycles. The molecule has 0 unspecified atom stereocenters. The zero-order valence-corrected chi connectivity index (χ0v) is 11.4. The van der Waals surface area contributed by atoms with Gasteiger partial charge in [0.1, 0.15) is 0 Å². The molecule has 0 saturated heterocycles. The number of rotatable bonds is 1. The van der Waals surface area contributed by atoms with Crippen LogP contribution in [0.3, 0.4) is 0 Å². The van der Waals surface area contributed by atoms with Crippen molar-refractivity contribution in [1.29, 1.82) is 0 Å². The molecule has 0 saturated carbocycles. The summed E-state index contributed by atoms with van der Waals surface area (Å²) in [5.74, 6) is 0.326. The maximum absolute atomic E-state index is 5.66. The maximum Gasteiger partial charge on any atom is 0.241 e. The molecule has 0 bridgehead atoms. The summed E-state index contributed by atoms with van der Waals surface area (Å²) in [7, 11) is 0. The van der Waals surface area contributed by atoms with Crippen molar-refractivity contribution in [1.82, 2.24) is 14.6 Å². The predicted octanol–water partition coefficient (Wildman–Crippen LogP) is 2.97. The molecular formula is C13H14N4S. The Morgan fingerprint density at radius 1 is 1.22 bits per heavy atom. The zero-order chi connectivity index (χ0) is 12.9. The number of thiazole rings is 1. The normalized spacial score (nSPS) is 11.3. The average molecular weight is 258 g/mol. The summed E-state index contributed by atoms with van der Waals surface area (Å²) in [6.45, 7) is 6.30. The van der Waals surface area contributed by atoms with Gasteiger partial charge in [-0.25, -0.2) is 4.52 Å². The van der Waals surface area contributed by atoms with E-state index in [4.69, 9.17) is 5.73 Å². The number of nitrogens with zero attached hydrogens (tertiary/aromatic N) is 3. The Kier molecular flexibility index (Phi) is 2.38. The quantitative estimate of drug-likeness (QED) is 0.730. The SMILES string of the molecule is Cc1ccc(-c2c(C)sc3nc(N)nn23)c(C)c1. The molecule has 0 aliphatic heterocycles. The Balaban J connectivity index is 2.33. The minimum Gasteiger partial charge on any atom is -0.366 e. The third-order valence-electron chi connectivity index (χ3n) is 3.02. The van der Waals surface area contributed by atoms with Gasteiger partial charge in [0.25, 0.3) is 0 Å². The lowest BCUT2D eigenvalue weighted by atomic mass is 10.0. The number of nitrogens with two attached hydrogens (primary N) is 1. The number of fused-ring (bicyclic) bond motifs is 1. The highest BCUT2D eigenvalue weighted by Crippen LogP contribution is 2.32. The molecule has 0 amide bonds. The zero-order valence-electron chi connectivity index (χ0n) is 10.6. The van der Waals surface area contributed by atoms with E-state index in [0.29, 0.717) is 5.95 Å². The number of benzene rings is 1. The molecule has 4 nitrogen and oxygen atoms in total. The molecule has 0 aliphatic rings. The number of hydrogen-bond donors (Lipinski definition) is 1. The van der Waals surface area contributed by atoms with Crippen molar-refractivity contribution < 1.29 is 0 Å². The van der Waals surface area contributed by atoms with Gasteiger partial charge in [-0.3, -0.25) is 0 Å². The summed E-state index contributed by atoms with van der Waals surface area (Å²) in [5.41, 5.74) is 10.4. The van der Waals surface area contributed by atoms with E-state index in [0.717, 1.165) is 10.7 Å². The van der Waals surface area contributed by atoms with Crippen LogP contribution in [0.25, 0.3) is 16.2 Å². The predicted molar refractivity (Wildman–Crippen MR) is 74.9 cm³/mol. The summed E-state index contributed by atoms with van der Waals surface area (Å²) in [6, 6.07) is 6.43. The molecule has 0 spiro atoms. The first-order chi connectivity index (χ1) is 8.56. The molecule has 2 heterocycles. The van der Waals surface area contributed by atoms with Crippen LogP contribution in [0.2, 0.25) is 0 Å². The number of hydrogen-bond acceptors (Lipinski definition) is 4. The fourth-order valence-corrected chi connectivity index (χ4v) is 3.17. The Hall–Kier alpha value is -1.88. The summed E-state index contributed by atoms with van der Waals surface area (Å²) in [6.07, 6.45) is 0. The van der Waals surface area contributed by atoms with Gasteiger partial charge in [0, 0.05) is 10.4 Å². The number of anilines is 1. The third-order valence-corrected chi connectivity index (χ3v) is 3.97. The van der Waals surface area contributed by atoms with Crippen molar-refractivity contribution in [3.8, 4) is 11.3 Å². The van der Waals surface area contributed by atoms with Gasteiger partial charge in [0.05, 0.1) is 5.69 Å². The largest absolute Gasteiger partial charge is 0.366 e. The molecule has 5 heteroatoms. The molecule has 92 valence electrons. The van der Waals surface area contributed by atoms with E-state index in [9.17, 15) is 0 Å². The molecule has 3 rings (SSSR count). The lowest BCUT2D eigenvalue weighted by Crippen LogP contribution is -1.94. The van der Waals surface area contributed by atoms with Gasteiger partial charge in [-0.1, -0.05) is 35.1 Å². The maximum atomic E-state index is 5.66. The van der Waals surface area contributed by atoms with Crippen LogP contribution in [0.15, 0.2) is 18.2 Å². The Labute approximate surface area is 109 Å². The minimum absolute atomic E-state index is 0.326. The van der Waals surface area contributed by atoms with Crippen LogP contribution in [0, 0.1) is 20.8 Å². The van der Waals surface area contributed by atoms with E-state index < -0.39 is 0 Å². The van der Waals surface area contributed by atoms with Gasteiger partial charge in [0.15, 0.2) is 0 Å². The first kappa shape index (κ1) is 11.2. The van der Waals surface area contributed by atoms with Gasteiger partial charge >= 0.3 is 0 Å². The molecule has 18 heavy (non-hydrogen) atoms. The lowest BCUT2D eigenvalue weighted by Gasteiger charge is -2.06.